The fourth-order valence-corrected chi connectivity index (χ4v) is 3.23. The number of thioether (sulfide) groups is 1. The van der Waals surface area contributed by atoms with Crippen LogP contribution in [0.15, 0.2) is 40.0 Å². The summed E-state index contributed by atoms with van der Waals surface area (Å²) >= 11 is 7.66. The first kappa shape index (κ1) is 13.1. The van der Waals surface area contributed by atoms with Crippen LogP contribution >= 0.6 is 23.4 Å². The number of rotatable bonds is 2. The lowest BCUT2D eigenvalue weighted by atomic mass is 9.92. The maximum Gasteiger partial charge on any atom is 0.143 e. The maximum absolute atomic E-state index is 9.14. The van der Waals surface area contributed by atoms with E-state index in [0.29, 0.717) is 10.7 Å². The van der Waals surface area contributed by atoms with Gasteiger partial charge in [-0.2, -0.15) is 5.26 Å². The van der Waals surface area contributed by atoms with Gasteiger partial charge in [-0.1, -0.05) is 24.6 Å². The smallest absolute Gasteiger partial charge is 0.143 e. The molecule has 2 atom stereocenters. The average Bonchev–Trinajstić information content (AvgIpc) is 2.41. The van der Waals surface area contributed by atoms with Crippen molar-refractivity contribution in [2.75, 3.05) is 6.26 Å². The number of dihydropyridines is 1. The predicted octanol–water partition coefficient (Wildman–Crippen LogP) is 3.55. The molecule has 1 aromatic heterocycles. The van der Waals surface area contributed by atoms with Crippen molar-refractivity contribution in [1.82, 2.24) is 4.98 Å². The van der Waals surface area contributed by atoms with Gasteiger partial charge in [0.2, 0.25) is 0 Å². The number of hydrogen-bond donors (Lipinski definition) is 0. The fourth-order valence-electron chi connectivity index (χ4n) is 2.07. The number of halogens is 1. The Hall–Kier alpha value is -1.31. The Kier molecular flexibility index (Phi) is 4.05. The third kappa shape index (κ3) is 2.29. The monoisotopic (exact) mass is 277 g/mol. The lowest BCUT2D eigenvalue weighted by Crippen LogP contribution is -2.18. The maximum atomic E-state index is 9.14. The molecule has 0 bridgehead atoms. The minimum absolute atomic E-state index is 0.0641. The summed E-state index contributed by atoms with van der Waals surface area (Å²) < 4.78 is 0. The van der Waals surface area contributed by atoms with Gasteiger partial charge in [0.05, 0.1) is 11.6 Å². The second-order valence-electron chi connectivity index (χ2n) is 3.99. The third-order valence-electron chi connectivity index (χ3n) is 2.95. The molecule has 2 unspecified atom stereocenters. The largest absolute Gasteiger partial charge is 0.264 e. The molecular weight excluding hydrogens is 266 g/mol. The van der Waals surface area contributed by atoms with E-state index in [-0.39, 0.29) is 12.0 Å². The number of aliphatic imine (C=N–C) groups is 1. The highest BCUT2D eigenvalue weighted by Gasteiger charge is 2.30. The molecule has 18 heavy (non-hydrogen) atoms. The van der Waals surface area contributed by atoms with Gasteiger partial charge in [-0.25, -0.2) is 0 Å². The Morgan fingerprint density at radius 2 is 2.28 bits per heavy atom. The van der Waals surface area contributed by atoms with E-state index in [1.54, 1.807) is 24.2 Å². The first-order valence-electron chi connectivity index (χ1n) is 5.51. The lowest BCUT2D eigenvalue weighted by Gasteiger charge is -2.27. The number of pyridine rings is 1. The minimum atomic E-state index is -0.0641. The molecule has 0 spiro atoms. The average molecular weight is 278 g/mol. The Balaban J connectivity index is 2.46. The quantitative estimate of drug-likeness (QED) is 0.831. The summed E-state index contributed by atoms with van der Waals surface area (Å²) in [6, 6.07) is 5.94. The SMILES string of the molecule is CSC1=C(C#N)C(Cl)=NC(c2cccnc2)C1C. The van der Waals surface area contributed by atoms with E-state index in [9.17, 15) is 0 Å². The van der Waals surface area contributed by atoms with Crippen LogP contribution in [-0.2, 0) is 0 Å². The summed E-state index contributed by atoms with van der Waals surface area (Å²) in [6.45, 7) is 2.06. The Bertz CT molecular complexity index is 545. The van der Waals surface area contributed by atoms with Crippen molar-refractivity contribution in [3.8, 4) is 6.07 Å². The molecule has 0 aromatic carbocycles. The summed E-state index contributed by atoms with van der Waals surface area (Å²) in [5.41, 5.74) is 1.52. The highest BCUT2D eigenvalue weighted by atomic mass is 35.5. The van der Waals surface area contributed by atoms with Crippen LogP contribution in [0.1, 0.15) is 18.5 Å². The van der Waals surface area contributed by atoms with Gasteiger partial charge in [-0.3, -0.25) is 9.98 Å². The predicted molar refractivity (Wildman–Crippen MR) is 75.6 cm³/mol. The lowest BCUT2D eigenvalue weighted by molar-refractivity contribution is 0.554. The van der Waals surface area contributed by atoms with Crippen LogP contribution in [0.25, 0.3) is 0 Å². The van der Waals surface area contributed by atoms with Gasteiger partial charge >= 0.3 is 0 Å². The molecule has 0 saturated heterocycles. The zero-order valence-electron chi connectivity index (χ0n) is 10.1. The second-order valence-corrected chi connectivity index (χ2v) is 5.20. The minimum Gasteiger partial charge on any atom is -0.264 e. The van der Waals surface area contributed by atoms with Gasteiger partial charge < -0.3 is 0 Å². The molecule has 0 aliphatic carbocycles. The van der Waals surface area contributed by atoms with Gasteiger partial charge in [-0.05, 0) is 17.9 Å². The fraction of sp³-hybridized carbons (Fsp3) is 0.308. The number of nitriles is 1. The van der Waals surface area contributed by atoms with Crippen molar-refractivity contribution in [3.05, 3.63) is 40.6 Å². The molecule has 0 amide bonds. The van der Waals surface area contributed by atoms with Gasteiger partial charge in [0.25, 0.3) is 0 Å². The molecule has 0 fully saturated rings. The molecule has 92 valence electrons. The molecule has 1 aliphatic heterocycles. The van der Waals surface area contributed by atoms with Crippen LogP contribution in [0, 0.1) is 17.2 Å². The molecular formula is C13H12ClN3S. The van der Waals surface area contributed by atoms with Gasteiger partial charge in [-0.15, -0.1) is 11.8 Å². The summed E-state index contributed by atoms with van der Waals surface area (Å²) in [7, 11) is 0. The third-order valence-corrected chi connectivity index (χ3v) is 4.25. The van der Waals surface area contributed by atoms with E-state index in [1.165, 1.54) is 0 Å². The second kappa shape index (κ2) is 5.55. The first-order valence-corrected chi connectivity index (χ1v) is 7.11. The van der Waals surface area contributed by atoms with E-state index in [2.05, 4.69) is 23.0 Å². The van der Waals surface area contributed by atoms with Crippen LogP contribution in [0.3, 0.4) is 0 Å². The van der Waals surface area contributed by atoms with E-state index >= 15 is 0 Å². The van der Waals surface area contributed by atoms with Gasteiger partial charge in [0.15, 0.2) is 0 Å². The van der Waals surface area contributed by atoms with Crippen molar-refractivity contribution in [1.29, 1.82) is 5.26 Å². The Morgan fingerprint density at radius 3 is 2.83 bits per heavy atom. The van der Waals surface area contributed by atoms with Crippen molar-refractivity contribution < 1.29 is 0 Å². The normalized spacial score (nSPS) is 23.6. The van der Waals surface area contributed by atoms with Crippen molar-refractivity contribution in [3.63, 3.8) is 0 Å². The number of hydrogen-bond acceptors (Lipinski definition) is 4. The van der Waals surface area contributed by atoms with E-state index < -0.39 is 0 Å². The number of nitrogens with zero attached hydrogens (tertiary/aromatic N) is 3. The zero-order valence-corrected chi connectivity index (χ0v) is 11.7. The summed E-state index contributed by atoms with van der Waals surface area (Å²) in [4.78, 5) is 9.53. The Morgan fingerprint density at radius 1 is 1.50 bits per heavy atom. The van der Waals surface area contributed by atoms with E-state index in [1.807, 2.05) is 18.4 Å². The first-order chi connectivity index (χ1) is 8.69. The summed E-state index contributed by atoms with van der Waals surface area (Å²) in [6.07, 6.45) is 5.48. The molecule has 0 saturated carbocycles. The Labute approximate surface area is 116 Å². The van der Waals surface area contributed by atoms with Crippen molar-refractivity contribution in [2.24, 2.45) is 10.9 Å². The molecule has 1 aromatic rings. The number of aromatic nitrogens is 1. The van der Waals surface area contributed by atoms with Gasteiger partial charge in [0, 0.05) is 23.2 Å². The van der Waals surface area contributed by atoms with E-state index in [4.69, 9.17) is 16.9 Å². The van der Waals surface area contributed by atoms with Crippen LogP contribution in [-0.4, -0.2) is 16.4 Å². The summed E-state index contributed by atoms with van der Waals surface area (Å²) in [5.74, 6) is 0.140. The molecule has 2 heterocycles. The van der Waals surface area contributed by atoms with Crippen molar-refractivity contribution in [2.45, 2.75) is 13.0 Å². The number of allylic oxidation sites excluding steroid dienone is 1. The van der Waals surface area contributed by atoms with E-state index in [0.717, 1.165) is 10.5 Å². The molecule has 0 N–H and O–H groups in total. The highest BCUT2D eigenvalue weighted by Crippen LogP contribution is 2.41. The molecule has 0 radical (unpaired) electrons. The topological polar surface area (TPSA) is 49.0 Å². The molecule has 2 rings (SSSR count). The van der Waals surface area contributed by atoms with Crippen LogP contribution in [0.5, 0.6) is 0 Å². The molecule has 5 heteroatoms. The summed E-state index contributed by atoms with van der Waals surface area (Å²) in [5, 5.41) is 9.44. The zero-order chi connectivity index (χ0) is 13.1. The standard InChI is InChI=1S/C13H12ClN3S/c1-8-11(9-4-3-5-16-7-9)17-13(14)10(6-15)12(8)18-2/h3-5,7-8,11H,1-2H3. The van der Waals surface area contributed by atoms with Crippen LogP contribution in [0.4, 0.5) is 0 Å². The van der Waals surface area contributed by atoms with Gasteiger partial charge in [0.1, 0.15) is 11.2 Å². The van der Waals surface area contributed by atoms with Crippen molar-refractivity contribution >= 4 is 28.5 Å². The van der Waals surface area contributed by atoms with Crippen LogP contribution < -0.4 is 0 Å². The molecule has 3 nitrogen and oxygen atoms in total. The molecule has 1 aliphatic rings. The highest BCUT2D eigenvalue weighted by molar-refractivity contribution is 8.02. The van der Waals surface area contributed by atoms with Crippen LogP contribution in [0.2, 0.25) is 0 Å².